The van der Waals surface area contributed by atoms with Gasteiger partial charge in [0.1, 0.15) is 6.04 Å². The summed E-state index contributed by atoms with van der Waals surface area (Å²) >= 11 is 0. The number of hydrogen-bond donors (Lipinski definition) is 2. The maximum Gasteiger partial charge on any atom is 0.324 e. The number of nitrogens with zero attached hydrogens (tertiary/aromatic N) is 1. The van der Waals surface area contributed by atoms with E-state index in [1.807, 2.05) is 19.9 Å². The molecule has 2 N–H and O–H groups in total. The summed E-state index contributed by atoms with van der Waals surface area (Å²) in [6.45, 7) is 7.49. The molecule has 1 atom stereocenters. The molecule has 1 saturated heterocycles. The van der Waals surface area contributed by atoms with Crippen molar-refractivity contribution in [2.24, 2.45) is 0 Å². The van der Waals surface area contributed by atoms with Crippen LogP contribution >= 0.6 is 0 Å². The van der Waals surface area contributed by atoms with Gasteiger partial charge in [-0.1, -0.05) is 0 Å². The molecule has 0 aliphatic carbocycles. The van der Waals surface area contributed by atoms with Crippen LogP contribution in [0.25, 0.3) is 0 Å². The summed E-state index contributed by atoms with van der Waals surface area (Å²) < 4.78 is 11.1. The SMILES string of the molecule is CCOc1ccc(N[C@H](C)C(=O)N2CCNC2=O)cc1OCC. The van der Waals surface area contributed by atoms with Crippen molar-refractivity contribution in [2.45, 2.75) is 26.8 Å². The molecule has 1 fully saturated rings. The zero-order valence-corrected chi connectivity index (χ0v) is 13.7. The number of carbonyl (C=O) groups is 2. The molecule has 1 aliphatic rings. The molecule has 0 saturated carbocycles. The highest BCUT2D eigenvalue weighted by Gasteiger charge is 2.29. The average molecular weight is 321 g/mol. The highest BCUT2D eigenvalue weighted by atomic mass is 16.5. The van der Waals surface area contributed by atoms with Crippen molar-refractivity contribution < 1.29 is 19.1 Å². The number of ether oxygens (including phenoxy) is 2. The molecule has 2 rings (SSSR count). The lowest BCUT2D eigenvalue weighted by Gasteiger charge is -2.20. The van der Waals surface area contributed by atoms with Gasteiger partial charge in [-0.05, 0) is 32.9 Å². The summed E-state index contributed by atoms with van der Waals surface area (Å²) in [5.41, 5.74) is 0.734. The predicted octanol–water partition coefficient (Wildman–Crippen LogP) is 1.84. The molecular formula is C16H23N3O4. The lowest BCUT2D eigenvalue weighted by molar-refractivity contribution is -0.128. The van der Waals surface area contributed by atoms with Crippen molar-refractivity contribution in [3.05, 3.63) is 18.2 Å². The third-order valence-corrected chi connectivity index (χ3v) is 3.42. The zero-order valence-electron chi connectivity index (χ0n) is 13.7. The fourth-order valence-corrected chi connectivity index (χ4v) is 2.37. The van der Waals surface area contributed by atoms with Crippen LogP contribution in [-0.2, 0) is 4.79 Å². The van der Waals surface area contributed by atoms with Gasteiger partial charge in [-0.25, -0.2) is 4.79 Å². The number of urea groups is 1. The Balaban J connectivity index is 2.07. The van der Waals surface area contributed by atoms with Gasteiger partial charge in [0.2, 0.25) is 0 Å². The van der Waals surface area contributed by atoms with Crippen molar-refractivity contribution in [1.29, 1.82) is 0 Å². The van der Waals surface area contributed by atoms with E-state index in [0.29, 0.717) is 37.8 Å². The molecular weight excluding hydrogens is 298 g/mol. The van der Waals surface area contributed by atoms with E-state index in [-0.39, 0.29) is 11.9 Å². The van der Waals surface area contributed by atoms with Gasteiger partial charge in [-0.3, -0.25) is 9.69 Å². The maximum absolute atomic E-state index is 12.3. The van der Waals surface area contributed by atoms with Crippen LogP contribution in [0.5, 0.6) is 11.5 Å². The quantitative estimate of drug-likeness (QED) is 0.801. The topological polar surface area (TPSA) is 79.9 Å². The molecule has 7 heteroatoms. The number of amides is 3. The Kier molecular flexibility index (Phi) is 5.67. The first kappa shape index (κ1) is 16.9. The first-order valence-electron chi connectivity index (χ1n) is 7.82. The van der Waals surface area contributed by atoms with Gasteiger partial charge < -0.3 is 20.1 Å². The minimum atomic E-state index is -0.522. The molecule has 0 bridgehead atoms. The van der Waals surface area contributed by atoms with E-state index in [1.165, 1.54) is 4.90 Å². The number of carbonyl (C=O) groups excluding carboxylic acids is 2. The number of rotatable bonds is 7. The first-order valence-corrected chi connectivity index (χ1v) is 7.82. The van der Waals surface area contributed by atoms with Crippen LogP contribution in [0.1, 0.15) is 20.8 Å². The van der Waals surface area contributed by atoms with Gasteiger partial charge in [0.05, 0.1) is 13.2 Å². The van der Waals surface area contributed by atoms with Gasteiger partial charge in [-0.2, -0.15) is 0 Å². The molecule has 0 aromatic heterocycles. The Morgan fingerprint density at radius 2 is 2.00 bits per heavy atom. The highest BCUT2D eigenvalue weighted by Crippen LogP contribution is 2.31. The van der Waals surface area contributed by atoms with Crippen molar-refractivity contribution in [3.8, 4) is 11.5 Å². The monoisotopic (exact) mass is 321 g/mol. The largest absolute Gasteiger partial charge is 0.490 e. The predicted molar refractivity (Wildman–Crippen MR) is 87.0 cm³/mol. The van der Waals surface area contributed by atoms with Gasteiger partial charge in [0.25, 0.3) is 5.91 Å². The second-order valence-electron chi connectivity index (χ2n) is 5.12. The number of imide groups is 1. The molecule has 0 radical (unpaired) electrons. The van der Waals surface area contributed by atoms with Crippen LogP contribution in [0.3, 0.4) is 0 Å². The van der Waals surface area contributed by atoms with E-state index in [2.05, 4.69) is 10.6 Å². The third-order valence-electron chi connectivity index (χ3n) is 3.42. The minimum Gasteiger partial charge on any atom is -0.490 e. The first-order chi connectivity index (χ1) is 11.1. The lowest BCUT2D eigenvalue weighted by atomic mass is 10.2. The van der Waals surface area contributed by atoms with Crippen LogP contribution in [-0.4, -0.2) is 49.2 Å². The molecule has 1 aromatic rings. The van der Waals surface area contributed by atoms with Crippen LogP contribution < -0.4 is 20.1 Å². The van der Waals surface area contributed by atoms with Crippen LogP contribution in [0.2, 0.25) is 0 Å². The number of nitrogens with one attached hydrogen (secondary N) is 2. The summed E-state index contributed by atoms with van der Waals surface area (Å²) in [6, 6.07) is 4.55. The van der Waals surface area contributed by atoms with E-state index in [9.17, 15) is 9.59 Å². The molecule has 1 aromatic carbocycles. The smallest absolute Gasteiger partial charge is 0.324 e. The molecule has 0 spiro atoms. The number of anilines is 1. The normalized spacial score (nSPS) is 15.1. The van der Waals surface area contributed by atoms with E-state index in [1.54, 1.807) is 19.1 Å². The van der Waals surface area contributed by atoms with Gasteiger partial charge in [0.15, 0.2) is 11.5 Å². The average Bonchev–Trinajstić information content (AvgIpc) is 2.95. The molecule has 3 amide bonds. The van der Waals surface area contributed by atoms with Gasteiger partial charge in [0, 0.05) is 24.8 Å². The Bertz CT molecular complexity index is 576. The van der Waals surface area contributed by atoms with E-state index >= 15 is 0 Å². The van der Waals surface area contributed by atoms with Crippen LogP contribution in [0, 0.1) is 0 Å². The molecule has 1 aliphatic heterocycles. The summed E-state index contributed by atoms with van der Waals surface area (Å²) in [6.07, 6.45) is 0. The van der Waals surface area contributed by atoms with E-state index < -0.39 is 6.04 Å². The fourth-order valence-electron chi connectivity index (χ4n) is 2.37. The Labute approximate surface area is 135 Å². The van der Waals surface area contributed by atoms with E-state index in [4.69, 9.17) is 9.47 Å². The van der Waals surface area contributed by atoms with Crippen molar-refractivity contribution >= 4 is 17.6 Å². The van der Waals surface area contributed by atoms with Crippen molar-refractivity contribution in [1.82, 2.24) is 10.2 Å². The highest BCUT2D eigenvalue weighted by molar-refractivity contribution is 5.99. The molecule has 23 heavy (non-hydrogen) atoms. The molecule has 7 nitrogen and oxygen atoms in total. The van der Waals surface area contributed by atoms with Gasteiger partial charge in [-0.15, -0.1) is 0 Å². The summed E-state index contributed by atoms with van der Waals surface area (Å²) in [5, 5.41) is 5.72. The molecule has 0 unspecified atom stereocenters. The Morgan fingerprint density at radius 1 is 1.30 bits per heavy atom. The van der Waals surface area contributed by atoms with Crippen molar-refractivity contribution in [3.63, 3.8) is 0 Å². The molecule has 1 heterocycles. The van der Waals surface area contributed by atoms with Crippen molar-refractivity contribution in [2.75, 3.05) is 31.6 Å². The Morgan fingerprint density at radius 3 is 2.61 bits per heavy atom. The molecule has 126 valence electrons. The van der Waals surface area contributed by atoms with Crippen LogP contribution in [0.4, 0.5) is 10.5 Å². The zero-order chi connectivity index (χ0) is 16.8. The second kappa shape index (κ2) is 7.71. The Hall–Kier alpha value is -2.44. The summed E-state index contributed by atoms with van der Waals surface area (Å²) in [5.74, 6) is 1.03. The maximum atomic E-state index is 12.3. The van der Waals surface area contributed by atoms with Crippen LogP contribution in [0.15, 0.2) is 18.2 Å². The standard InChI is InChI=1S/C16H23N3O4/c1-4-22-13-7-6-12(10-14(13)23-5-2)18-11(3)15(20)19-9-8-17-16(19)21/h6-7,10-11,18H,4-5,8-9H2,1-3H3,(H,17,21)/t11-/m1/s1. The summed E-state index contributed by atoms with van der Waals surface area (Å²) in [4.78, 5) is 25.1. The minimum absolute atomic E-state index is 0.258. The number of hydrogen-bond acceptors (Lipinski definition) is 5. The van der Waals surface area contributed by atoms with E-state index in [0.717, 1.165) is 5.69 Å². The fraction of sp³-hybridized carbons (Fsp3) is 0.500. The lowest BCUT2D eigenvalue weighted by Crippen LogP contribution is -2.43. The number of benzene rings is 1. The third kappa shape index (κ3) is 4.06. The van der Waals surface area contributed by atoms with Gasteiger partial charge >= 0.3 is 6.03 Å². The summed E-state index contributed by atoms with van der Waals surface area (Å²) in [7, 11) is 0. The second-order valence-corrected chi connectivity index (χ2v) is 5.12.